The molecule has 0 atom stereocenters. The Morgan fingerprint density at radius 3 is 2.10 bits per heavy atom. The molecule has 3 aromatic rings. The maximum Gasteiger partial charge on any atom is 0.262 e. The first-order valence-electron chi connectivity index (χ1n) is 9.19. The third kappa shape index (κ3) is 5.75. The van der Waals surface area contributed by atoms with E-state index in [1.807, 2.05) is 6.92 Å². The second kappa shape index (κ2) is 9.80. The van der Waals surface area contributed by atoms with Crippen LogP contribution in [0.3, 0.4) is 0 Å². The summed E-state index contributed by atoms with van der Waals surface area (Å²) < 4.78 is 10.6. The van der Waals surface area contributed by atoms with E-state index in [1.54, 1.807) is 73.8 Å². The molecule has 0 aromatic heterocycles. The van der Waals surface area contributed by atoms with Gasteiger partial charge in [-0.1, -0.05) is 11.6 Å². The first-order valence-corrected chi connectivity index (χ1v) is 9.56. The summed E-state index contributed by atoms with van der Waals surface area (Å²) in [6.07, 6.45) is 0. The van der Waals surface area contributed by atoms with Crippen LogP contribution >= 0.6 is 11.6 Å². The number of halogens is 1. The van der Waals surface area contributed by atoms with Gasteiger partial charge in [-0.2, -0.15) is 0 Å². The fraction of sp³-hybridized carbons (Fsp3) is 0.130. The van der Waals surface area contributed by atoms with Crippen molar-refractivity contribution in [3.63, 3.8) is 0 Å². The van der Waals surface area contributed by atoms with Crippen LogP contribution in [0, 0.1) is 6.92 Å². The van der Waals surface area contributed by atoms with Crippen molar-refractivity contribution >= 4 is 34.8 Å². The van der Waals surface area contributed by atoms with E-state index in [9.17, 15) is 9.59 Å². The summed E-state index contributed by atoms with van der Waals surface area (Å²) in [7, 11) is 1.58. The standard InChI is InChI=1S/C23H21ClN2O4/c1-15-13-20(11-12-21(15)24)30-14-22(27)25-17-5-3-16(4-6-17)23(28)26-18-7-9-19(29-2)10-8-18/h3-13H,14H2,1-2H3,(H,25,27)(H,26,28). The molecule has 30 heavy (non-hydrogen) atoms. The molecule has 0 fully saturated rings. The van der Waals surface area contributed by atoms with E-state index < -0.39 is 0 Å². The molecule has 7 heteroatoms. The van der Waals surface area contributed by atoms with E-state index in [1.165, 1.54) is 0 Å². The van der Waals surface area contributed by atoms with Crippen LogP contribution in [0.15, 0.2) is 66.7 Å². The molecule has 0 saturated carbocycles. The lowest BCUT2D eigenvalue weighted by Gasteiger charge is -2.10. The molecule has 154 valence electrons. The third-order valence-electron chi connectivity index (χ3n) is 4.28. The van der Waals surface area contributed by atoms with Crippen molar-refractivity contribution in [3.8, 4) is 11.5 Å². The summed E-state index contributed by atoms with van der Waals surface area (Å²) in [5.41, 5.74) is 2.57. The fourth-order valence-electron chi connectivity index (χ4n) is 2.64. The number of carbonyl (C=O) groups is 2. The Bertz CT molecular complexity index is 1030. The normalized spacial score (nSPS) is 10.2. The molecule has 0 radical (unpaired) electrons. The molecule has 0 spiro atoms. The van der Waals surface area contributed by atoms with Crippen LogP contribution in [0.5, 0.6) is 11.5 Å². The summed E-state index contributed by atoms with van der Waals surface area (Å²) in [6, 6.07) is 18.8. The van der Waals surface area contributed by atoms with E-state index >= 15 is 0 Å². The summed E-state index contributed by atoms with van der Waals surface area (Å²) in [5, 5.41) is 6.18. The van der Waals surface area contributed by atoms with Crippen molar-refractivity contribution in [1.82, 2.24) is 0 Å². The molecule has 0 aliphatic carbocycles. The molecule has 0 aliphatic heterocycles. The lowest BCUT2D eigenvalue weighted by molar-refractivity contribution is -0.118. The van der Waals surface area contributed by atoms with Gasteiger partial charge in [-0.15, -0.1) is 0 Å². The van der Waals surface area contributed by atoms with Gasteiger partial charge in [-0.25, -0.2) is 0 Å². The lowest BCUT2D eigenvalue weighted by atomic mass is 10.2. The number of methoxy groups -OCH3 is 1. The zero-order valence-electron chi connectivity index (χ0n) is 16.6. The van der Waals surface area contributed by atoms with Crippen molar-refractivity contribution in [1.29, 1.82) is 0 Å². The van der Waals surface area contributed by atoms with Gasteiger partial charge in [0, 0.05) is 22.0 Å². The number of carbonyl (C=O) groups excluding carboxylic acids is 2. The highest BCUT2D eigenvalue weighted by molar-refractivity contribution is 6.31. The number of amides is 2. The molecule has 2 amide bonds. The van der Waals surface area contributed by atoms with Gasteiger partial charge < -0.3 is 20.1 Å². The molecular formula is C23H21ClN2O4. The van der Waals surface area contributed by atoms with Gasteiger partial charge in [0.2, 0.25) is 0 Å². The molecule has 0 bridgehead atoms. The van der Waals surface area contributed by atoms with Crippen molar-refractivity contribution in [2.45, 2.75) is 6.92 Å². The summed E-state index contributed by atoms with van der Waals surface area (Å²) in [6.45, 7) is 1.72. The van der Waals surface area contributed by atoms with Crippen molar-refractivity contribution < 1.29 is 19.1 Å². The number of ether oxygens (including phenoxy) is 2. The van der Waals surface area contributed by atoms with Crippen LogP contribution in [0.25, 0.3) is 0 Å². The van der Waals surface area contributed by atoms with E-state index in [0.717, 1.165) is 5.56 Å². The average Bonchev–Trinajstić information content (AvgIpc) is 2.75. The summed E-state index contributed by atoms with van der Waals surface area (Å²) >= 11 is 5.97. The van der Waals surface area contributed by atoms with Crippen LogP contribution in [0.4, 0.5) is 11.4 Å². The van der Waals surface area contributed by atoms with Crippen LogP contribution in [-0.2, 0) is 4.79 Å². The number of nitrogens with one attached hydrogen (secondary N) is 2. The molecule has 2 N–H and O–H groups in total. The molecule has 0 heterocycles. The van der Waals surface area contributed by atoms with Gasteiger partial charge >= 0.3 is 0 Å². The minimum atomic E-state index is -0.307. The Kier molecular flexibility index (Phi) is 6.93. The predicted molar refractivity (Wildman–Crippen MR) is 118 cm³/mol. The topological polar surface area (TPSA) is 76.7 Å². The van der Waals surface area contributed by atoms with Crippen molar-refractivity contribution in [2.75, 3.05) is 24.4 Å². The largest absolute Gasteiger partial charge is 0.497 e. The Labute approximate surface area is 179 Å². The maximum absolute atomic E-state index is 12.4. The fourth-order valence-corrected chi connectivity index (χ4v) is 2.75. The number of aryl methyl sites for hydroxylation is 1. The van der Waals surface area contributed by atoms with Crippen molar-refractivity contribution in [3.05, 3.63) is 82.9 Å². The average molecular weight is 425 g/mol. The SMILES string of the molecule is COc1ccc(NC(=O)c2ccc(NC(=O)COc3ccc(Cl)c(C)c3)cc2)cc1. The van der Waals surface area contributed by atoms with Gasteiger partial charge in [-0.05, 0) is 79.2 Å². The smallest absolute Gasteiger partial charge is 0.262 e. The van der Waals surface area contributed by atoms with Gasteiger partial charge in [0.25, 0.3) is 11.8 Å². The zero-order chi connectivity index (χ0) is 21.5. The quantitative estimate of drug-likeness (QED) is 0.564. The first-order chi connectivity index (χ1) is 14.4. The van der Waals surface area contributed by atoms with E-state index in [4.69, 9.17) is 21.1 Å². The minimum Gasteiger partial charge on any atom is -0.497 e. The van der Waals surface area contributed by atoms with E-state index in [-0.39, 0.29) is 18.4 Å². The van der Waals surface area contributed by atoms with Gasteiger partial charge in [0.1, 0.15) is 11.5 Å². The monoisotopic (exact) mass is 424 g/mol. The predicted octanol–water partition coefficient (Wildman–Crippen LogP) is 4.93. The highest BCUT2D eigenvalue weighted by Gasteiger charge is 2.08. The minimum absolute atomic E-state index is 0.138. The third-order valence-corrected chi connectivity index (χ3v) is 4.70. The number of rotatable bonds is 7. The highest BCUT2D eigenvalue weighted by Crippen LogP contribution is 2.21. The number of hydrogen-bond acceptors (Lipinski definition) is 4. The van der Waals surface area contributed by atoms with Gasteiger partial charge in [-0.3, -0.25) is 9.59 Å². The maximum atomic E-state index is 12.4. The van der Waals surface area contributed by atoms with Crippen LogP contribution in [0.2, 0.25) is 5.02 Å². The molecule has 0 unspecified atom stereocenters. The lowest BCUT2D eigenvalue weighted by Crippen LogP contribution is -2.20. The Hall–Kier alpha value is -3.51. The molecule has 6 nitrogen and oxygen atoms in total. The second-order valence-corrected chi connectivity index (χ2v) is 6.92. The molecule has 3 aromatic carbocycles. The number of hydrogen-bond donors (Lipinski definition) is 2. The van der Waals surface area contributed by atoms with Crippen molar-refractivity contribution in [2.24, 2.45) is 0 Å². The second-order valence-electron chi connectivity index (χ2n) is 6.51. The molecule has 3 rings (SSSR count). The Morgan fingerprint density at radius 1 is 0.867 bits per heavy atom. The van der Waals surface area contributed by atoms with Crippen LogP contribution in [-0.4, -0.2) is 25.5 Å². The molecule has 0 saturated heterocycles. The summed E-state index contributed by atoms with van der Waals surface area (Å²) in [5.74, 6) is 0.721. The van der Waals surface area contributed by atoms with E-state index in [0.29, 0.717) is 33.5 Å². The number of benzene rings is 3. The molecule has 0 aliphatic rings. The summed E-state index contributed by atoms with van der Waals surface area (Å²) in [4.78, 5) is 24.5. The zero-order valence-corrected chi connectivity index (χ0v) is 17.3. The van der Waals surface area contributed by atoms with Gasteiger partial charge in [0.15, 0.2) is 6.61 Å². The highest BCUT2D eigenvalue weighted by atomic mass is 35.5. The van der Waals surface area contributed by atoms with Crippen LogP contribution in [0.1, 0.15) is 15.9 Å². The Balaban J connectivity index is 1.52. The molecular weight excluding hydrogens is 404 g/mol. The van der Waals surface area contributed by atoms with Crippen LogP contribution < -0.4 is 20.1 Å². The Morgan fingerprint density at radius 2 is 1.47 bits per heavy atom. The number of anilines is 2. The van der Waals surface area contributed by atoms with Gasteiger partial charge in [0.05, 0.1) is 7.11 Å². The first kappa shape index (κ1) is 21.2. The van der Waals surface area contributed by atoms with E-state index in [2.05, 4.69) is 10.6 Å².